The zero-order valence-electron chi connectivity index (χ0n) is 12.2. The third-order valence-electron chi connectivity index (χ3n) is 2.99. The van der Waals surface area contributed by atoms with E-state index >= 15 is 0 Å². The van der Waals surface area contributed by atoms with Gasteiger partial charge in [-0.2, -0.15) is 11.8 Å². The van der Waals surface area contributed by atoms with Crippen molar-refractivity contribution in [3.63, 3.8) is 0 Å². The lowest BCUT2D eigenvalue weighted by atomic mass is 10.1. The molecular weight excluding hydrogens is 270 g/mol. The molecule has 20 heavy (non-hydrogen) atoms. The Morgan fingerprint density at radius 1 is 1.40 bits per heavy atom. The Bertz CT molecular complexity index is 487. The fourth-order valence-electron chi connectivity index (χ4n) is 1.67. The molecule has 0 bridgehead atoms. The maximum atomic E-state index is 12.3. The summed E-state index contributed by atoms with van der Waals surface area (Å²) < 4.78 is 0. The van der Waals surface area contributed by atoms with E-state index in [1.54, 1.807) is 28.8 Å². The van der Waals surface area contributed by atoms with Gasteiger partial charge in [-0.05, 0) is 37.4 Å². The number of hydrogen-bond acceptors (Lipinski definition) is 3. The van der Waals surface area contributed by atoms with Crippen LogP contribution in [0.1, 0.15) is 29.3 Å². The molecular formula is C16H21NO2S. The van der Waals surface area contributed by atoms with Crippen molar-refractivity contribution in [2.24, 2.45) is 0 Å². The van der Waals surface area contributed by atoms with Crippen LogP contribution in [0.3, 0.4) is 0 Å². The second kappa shape index (κ2) is 8.68. The topological polar surface area (TPSA) is 40.5 Å². The van der Waals surface area contributed by atoms with E-state index < -0.39 is 0 Å². The fraction of sp³-hybridized carbons (Fsp3) is 0.438. The molecule has 1 unspecified atom stereocenters. The highest BCUT2D eigenvalue weighted by Crippen LogP contribution is 2.10. The van der Waals surface area contributed by atoms with Gasteiger partial charge in [0.1, 0.15) is 0 Å². The molecule has 3 nitrogen and oxygen atoms in total. The molecule has 0 heterocycles. The molecule has 0 saturated heterocycles. The molecule has 1 atom stereocenters. The molecule has 0 aliphatic carbocycles. The maximum Gasteiger partial charge on any atom is 0.253 e. The molecule has 1 aromatic rings. The molecule has 108 valence electrons. The van der Waals surface area contributed by atoms with E-state index in [-0.39, 0.29) is 18.6 Å². The van der Waals surface area contributed by atoms with Crippen LogP contribution in [-0.2, 0) is 0 Å². The Morgan fingerprint density at radius 2 is 2.05 bits per heavy atom. The minimum absolute atomic E-state index is 0.0291. The predicted octanol–water partition coefficient (Wildman–Crippen LogP) is 2.24. The summed E-state index contributed by atoms with van der Waals surface area (Å²) in [6.07, 6.45) is 2.50. The number of rotatable bonds is 5. The third kappa shape index (κ3) is 4.92. The zero-order valence-corrected chi connectivity index (χ0v) is 13.0. The first-order valence-electron chi connectivity index (χ1n) is 6.56. The summed E-state index contributed by atoms with van der Waals surface area (Å²) in [6, 6.07) is 7.48. The van der Waals surface area contributed by atoms with Gasteiger partial charge >= 0.3 is 0 Å². The van der Waals surface area contributed by atoms with Gasteiger partial charge in [-0.15, -0.1) is 0 Å². The number of hydrogen-bond donors (Lipinski definition) is 1. The highest BCUT2D eigenvalue weighted by Gasteiger charge is 2.16. The van der Waals surface area contributed by atoms with E-state index in [9.17, 15) is 4.79 Å². The maximum absolute atomic E-state index is 12.3. The molecule has 1 rings (SSSR count). The van der Waals surface area contributed by atoms with Crippen LogP contribution >= 0.6 is 11.8 Å². The van der Waals surface area contributed by atoms with Gasteiger partial charge in [0, 0.05) is 36.4 Å². The van der Waals surface area contributed by atoms with Crippen LogP contribution in [0.2, 0.25) is 0 Å². The Hall–Kier alpha value is -1.44. The minimum Gasteiger partial charge on any atom is -0.395 e. The van der Waals surface area contributed by atoms with E-state index in [1.165, 1.54) is 0 Å². The van der Waals surface area contributed by atoms with Gasteiger partial charge in [0.05, 0.1) is 6.61 Å². The van der Waals surface area contributed by atoms with Crippen LogP contribution in [0.15, 0.2) is 24.3 Å². The van der Waals surface area contributed by atoms with Crippen molar-refractivity contribution in [2.45, 2.75) is 19.4 Å². The van der Waals surface area contributed by atoms with Gasteiger partial charge in [0.2, 0.25) is 0 Å². The lowest BCUT2D eigenvalue weighted by molar-refractivity contribution is 0.0757. The molecule has 0 saturated carbocycles. The summed E-state index contributed by atoms with van der Waals surface area (Å²) in [5.74, 6) is 6.76. The number of nitrogens with zero attached hydrogens (tertiary/aromatic N) is 1. The molecule has 0 fully saturated rings. The molecule has 0 aromatic heterocycles. The lowest BCUT2D eigenvalue weighted by Gasteiger charge is -2.24. The van der Waals surface area contributed by atoms with E-state index in [4.69, 9.17) is 5.11 Å². The second-order valence-electron chi connectivity index (χ2n) is 4.57. The van der Waals surface area contributed by atoms with Crippen molar-refractivity contribution in [3.8, 4) is 11.8 Å². The average Bonchev–Trinajstić information content (AvgIpc) is 2.47. The van der Waals surface area contributed by atoms with Crippen molar-refractivity contribution in [3.05, 3.63) is 35.4 Å². The number of benzene rings is 1. The fourth-order valence-corrected chi connectivity index (χ4v) is 2.38. The first-order chi connectivity index (χ1) is 9.60. The smallest absolute Gasteiger partial charge is 0.253 e. The molecule has 1 N–H and O–H groups in total. The number of aliphatic hydroxyl groups excluding tert-OH is 1. The summed E-state index contributed by atoms with van der Waals surface area (Å²) in [7, 11) is 1.83. The molecule has 0 aliphatic rings. The highest BCUT2D eigenvalue weighted by molar-refractivity contribution is 7.98. The highest BCUT2D eigenvalue weighted by atomic mass is 32.2. The second-order valence-corrected chi connectivity index (χ2v) is 5.48. The van der Waals surface area contributed by atoms with E-state index in [0.29, 0.717) is 12.0 Å². The normalized spacial score (nSPS) is 11.4. The van der Waals surface area contributed by atoms with Crippen LogP contribution in [0.5, 0.6) is 0 Å². The number of aliphatic hydroxyl groups is 1. The van der Waals surface area contributed by atoms with Gasteiger partial charge in [-0.3, -0.25) is 4.79 Å². The van der Waals surface area contributed by atoms with E-state index in [0.717, 1.165) is 11.3 Å². The predicted molar refractivity (Wildman–Crippen MR) is 85.0 cm³/mol. The van der Waals surface area contributed by atoms with Gasteiger partial charge in [-0.25, -0.2) is 0 Å². The third-order valence-corrected chi connectivity index (χ3v) is 3.81. The Kier molecular flexibility index (Phi) is 7.21. The number of carbonyl (C=O) groups excluding carboxylic acids is 1. The SMILES string of the molecule is CSCC(C)N(C)C(=O)c1ccc(C#CCCO)cc1. The number of thioether (sulfide) groups is 1. The van der Waals surface area contributed by atoms with E-state index in [2.05, 4.69) is 11.8 Å². The molecule has 1 amide bonds. The molecule has 0 radical (unpaired) electrons. The minimum atomic E-state index is 0.0291. The quantitative estimate of drug-likeness (QED) is 0.846. The average molecular weight is 291 g/mol. The summed E-state index contributed by atoms with van der Waals surface area (Å²) >= 11 is 1.73. The summed E-state index contributed by atoms with van der Waals surface area (Å²) in [4.78, 5) is 14.0. The molecule has 4 heteroatoms. The summed E-state index contributed by atoms with van der Waals surface area (Å²) in [5, 5.41) is 8.66. The van der Waals surface area contributed by atoms with Gasteiger partial charge < -0.3 is 10.0 Å². The number of amides is 1. The molecule has 0 aliphatic heterocycles. The van der Waals surface area contributed by atoms with Gasteiger partial charge in [0.25, 0.3) is 5.91 Å². The molecule has 0 spiro atoms. The number of carbonyl (C=O) groups is 1. The van der Waals surface area contributed by atoms with Crippen molar-refractivity contribution in [2.75, 3.05) is 25.7 Å². The Balaban J connectivity index is 2.73. The Labute approximate surface area is 125 Å². The van der Waals surface area contributed by atoms with Crippen molar-refractivity contribution in [1.82, 2.24) is 4.90 Å². The molecule has 1 aromatic carbocycles. The standard InChI is InChI=1S/C16H21NO2S/c1-13(12-20-3)17(2)16(19)15-9-7-14(8-10-15)6-4-5-11-18/h7-10,13,18H,5,11-12H2,1-3H3. The summed E-state index contributed by atoms with van der Waals surface area (Å²) in [5.41, 5.74) is 1.53. The van der Waals surface area contributed by atoms with Crippen LogP contribution in [0.25, 0.3) is 0 Å². The Morgan fingerprint density at radius 3 is 2.60 bits per heavy atom. The van der Waals surface area contributed by atoms with Gasteiger partial charge in [0.15, 0.2) is 0 Å². The van der Waals surface area contributed by atoms with Crippen molar-refractivity contribution < 1.29 is 9.90 Å². The first-order valence-corrected chi connectivity index (χ1v) is 7.95. The van der Waals surface area contributed by atoms with Crippen LogP contribution in [-0.4, -0.2) is 47.6 Å². The van der Waals surface area contributed by atoms with Gasteiger partial charge in [-0.1, -0.05) is 11.8 Å². The largest absolute Gasteiger partial charge is 0.395 e. The van der Waals surface area contributed by atoms with Crippen LogP contribution in [0.4, 0.5) is 0 Å². The van der Waals surface area contributed by atoms with Crippen molar-refractivity contribution in [1.29, 1.82) is 0 Å². The van der Waals surface area contributed by atoms with Crippen molar-refractivity contribution >= 4 is 17.7 Å². The lowest BCUT2D eigenvalue weighted by Crippen LogP contribution is -2.36. The summed E-state index contributed by atoms with van der Waals surface area (Å²) in [6.45, 7) is 2.12. The van der Waals surface area contributed by atoms with Crippen LogP contribution in [0, 0.1) is 11.8 Å². The zero-order chi connectivity index (χ0) is 15.0. The van der Waals surface area contributed by atoms with Crippen LogP contribution < -0.4 is 0 Å². The monoisotopic (exact) mass is 291 g/mol. The van der Waals surface area contributed by atoms with E-state index in [1.807, 2.05) is 32.4 Å². The first kappa shape index (κ1) is 16.6.